The van der Waals surface area contributed by atoms with E-state index >= 15 is 0 Å². The van der Waals surface area contributed by atoms with E-state index in [1.165, 1.54) is 0 Å². The van der Waals surface area contributed by atoms with Crippen LogP contribution in [0.1, 0.15) is 47.0 Å². The van der Waals surface area contributed by atoms with E-state index in [1.807, 2.05) is 26.0 Å². The summed E-state index contributed by atoms with van der Waals surface area (Å²) < 4.78 is 23.7. The SMILES string of the molecule is C=C1OC(=O)C(OC(C)=O)(C23OC(C)C(C)(O2)C2C=CC4CC(C(=O)O)CCC4C23C)C1=O. The Balaban J connectivity index is 1.73. The average molecular weight is 460 g/mol. The first-order valence-corrected chi connectivity index (χ1v) is 11.3. The highest BCUT2D eigenvalue weighted by atomic mass is 16.8. The fraction of sp³-hybridized carbons (Fsp3) is 0.667. The molecule has 9 unspecified atom stereocenters. The van der Waals surface area contributed by atoms with Crippen molar-refractivity contribution in [2.45, 2.75) is 70.1 Å². The van der Waals surface area contributed by atoms with Crippen LogP contribution in [0.15, 0.2) is 24.5 Å². The molecule has 0 aromatic heterocycles. The molecule has 0 radical (unpaired) electrons. The van der Waals surface area contributed by atoms with Gasteiger partial charge in [0.2, 0.25) is 5.79 Å². The largest absolute Gasteiger partial charge is 0.481 e. The van der Waals surface area contributed by atoms with Gasteiger partial charge in [-0.25, -0.2) is 4.79 Å². The molecule has 1 N–H and O–H groups in total. The molecule has 1 saturated carbocycles. The number of hydrogen-bond donors (Lipinski definition) is 1. The Morgan fingerprint density at radius 3 is 2.48 bits per heavy atom. The van der Waals surface area contributed by atoms with Crippen LogP contribution in [0.3, 0.4) is 0 Å². The van der Waals surface area contributed by atoms with Crippen LogP contribution in [0.2, 0.25) is 0 Å². The van der Waals surface area contributed by atoms with Gasteiger partial charge in [-0.3, -0.25) is 14.4 Å². The van der Waals surface area contributed by atoms with E-state index in [0.717, 1.165) is 6.92 Å². The van der Waals surface area contributed by atoms with Crippen LogP contribution in [0.25, 0.3) is 0 Å². The number of ether oxygens (including phenoxy) is 4. The lowest BCUT2D eigenvalue weighted by molar-refractivity contribution is -0.313. The molecule has 9 atom stereocenters. The summed E-state index contributed by atoms with van der Waals surface area (Å²) in [6.07, 6.45) is 4.89. The molecule has 5 aliphatic rings. The smallest absolute Gasteiger partial charge is 0.370 e. The number of carbonyl (C=O) groups is 4. The topological polar surface area (TPSA) is 125 Å². The summed E-state index contributed by atoms with van der Waals surface area (Å²) in [4.78, 5) is 50.7. The lowest BCUT2D eigenvalue weighted by Gasteiger charge is -2.58. The molecule has 3 heterocycles. The number of Topliss-reactive ketones (excluding diaryl/α,β-unsaturated/α-hetero) is 1. The van der Waals surface area contributed by atoms with Gasteiger partial charge in [-0.1, -0.05) is 25.7 Å². The standard InChI is InChI=1S/C24H28O9/c1-11-18(26)23(20(29)30-11,32-13(3)25)24-21(4)16-8-6-15(19(27)28)10-14(16)7-9-17(21)22(5,33-24)12(2)31-24/h7,9,12,14-17H,1,6,8,10H2,2-5H3,(H,27,28). The van der Waals surface area contributed by atoms with Crippen molar-refractivity contribution < 1.29 is 43.2 Å². The molecule has 2 aliphatic carbocycles. The molecule has 178 valence electrons. The molecule has 0 amide bonds. The number of aliphatic carboxylic acids is 1. The predicted octanol–water partition coefficient (Wildman–Crippen LogP) is 2.14. The predicted molar refractivity (Wildman–Crippen MR) is 110 cm³/mol. The van der Waals surface area contributed by atoms with Gasteiger partial charge >= 0.3 is 23.5 Å². The minimum absolute atomic E-state index is 0.131. The zero-order valence-electron chi connectivity index (χ0n) is 19.1. The summed E-state index contributed by atoms with van der Waals surface area (Å²) in [5.41, 5.74) is -4.41. The summed E-state index contributed by atoms with van der Waals surface area (Å²) in [6.45, 7) is 10.2. The number of rotatable bonds is 3. The van der Waals surface area contributed by atoms with Gasteiger partial charge in [-0.15, -0.1) is 0 Å². The summed E-state index contributed by atoms with van der Waals surface area (Å²) in [5, 5.41) is 9.58. The van der Waals surface area contributed by atoms with E-state index in [4.69, 9.17) is 18.9 Å². The van der Waals surface area contributed by atoms with Gasteiger partial charge in [0.1, 0.15) is 5.60 Å². The van der Waals surface area contributed by atoms with E-state index in [9.17, 15) is 24.3 Å². The van der Waals surface area contributed by atoms with E-state index in [1.54, 1.807) is 6.92 Å². The van der Waals surface area contributed by atoms with Gasteiger partial charge in [0.05, 0.1) is 12.0 Å². The van der Waals surface area contributed by atoms with Crippen LogP contribution in [0, 0.1) is 29.1 Å². The van der Waals surface area contributed by atoms with Crippen LogP contribution in [-0.4, -0.2) is 51.9 Å². The first-order valence-electron chi connectivity index (χ1n) is 11.3. The Morgan fingerprint density at radius 1 is 1.21 bits per heavy atom. The number of carboxylic acids is 1. The Bertz CT molecular complexity index is 1030. The number of carboxylic acid groups (broad SMARTS) is 1. The maximum atomic E-state index is 13.5. The fourth-order valence-corrected chi connectivity index (χ4v) is 7.35. The number of ketones is 1. The summed E-state index contributed by atoms with van der Waals surface area (Å²) in [5.74, 6) is -7.15. The zero-order chi connectivity index (χ0) is 24.1. The molecule has 9 heteroatoms. The normalized spacial score (nSPS) is 50.1. The average Bonchev–Trinajstić information content (AvgIpc) is 3.22. The Kier molecular flexibility index (Phi) is 4.41. The molecule has 5 rings (SSSR count). The molecular weight excluding hydrogens is 432 g/mol. The lowest BCUT2D eigenvalue weighted by Crippen LogP contribution is -2.73. The third-order valence-corrected chi connectivity index (χ3v) is 8.89. The quantitative estimate of drug-likeness (QED) is 0.292. The Labute approximate surface area is 191 Å². The van der Waals surface area contributed by atoms with Crippen LogP contribution >= 0.6 is 0 Å². The number of allylic oxidation sites excluding steroid dienone is 1. The van der Waals surface area contributed by atoms with E-state index in [0.29, 0.717) is 19.3 Å². The number of cyclic esters (lactones) is 1. The van der Waals surface area contributed by atoms with E-state index < -0.39 is 63.9 Å². The van der Waals surface area contributed by atoms with Crippen molar-refractivity contribution in [3.63, 3.8) is 0 Å². The van der Waals surface area contributed by atoms with Gasteiger partial charge in [-0.2, -0.15) is 0 Å². The third-order valence-electron chi connectivity index (χ3n) is 8.89. The van der Waals surface area contributed by atoms with Gasteiger partial charge in [0.25, 0.3) is 5.78 Å². The maximum absolute atomic E-state index is 13.5. The number of carbonyl (C=O) groups excluding carboxylic acids is 3. The second kappa shape index (κ2) is 6.54. The molecule has 3 aliphatic heterocycles. The van der Waals surface area contributed by atoms with Crippen molar-refractivity contribution >= 4 is 23.7 Å². The molecule has 9 nitrogen and oxygen atoms in total. The fourth-order valence-electron chi connectivity index (χ4n) is 7.35. The van der Waals surface area contributed by atoms with Gasteiger partial charge in [0.15, 0.2) is 5.76 Å². The summed E-state index contributed by atoms with van der Waals surface area (Å²) in [6, 6.07) is 0. The number of fused-ring (bicyclic) bond motifs is 7. The van der Waals surface area contributed by atoms with Crippen molar-refractivity contribution in [2.24, 2.45) is 29.1 Å². The van der Waals surface area contributed by atoms with Crippen molar-refractivity contribution in [3.05, 3.63) is 24.5 Å². The van der Waals surface area contributed by atoms with Gasteiger partial charge in [-0.05, 0) is 44.9 Å². The van der Waals surface area contributed by atoms with Gasteiger partial charge < -0.3 is 24.1 Å². The Hall–Kier alpha value is -2.52. The first-order chi connectivity index (χ1) is 15.3. The molecule has 0 aromatic rings. The summed E-state index contributed by atoms with van der Waals surface area (Å²) >= 11 is 0. The molecule has 0 spiro atoms. The maximum Gasteiger partial charge on any atom is 0.370 e. The van der Waals surface area contributed by atoms with Crippen LogP contribution in [0.4, 0.5) is 0 Å². The summed E-state index contributed by atoms with van der Waals surface area (Å²) in [7, 11) is 0. The molecule has 0 aromatic carbocycles. The van der Waals surface area contributed by atoms with Crippen LogP contribution in [0.5, 0.6) is 0 Å². The monoisotopic (exact) mass is 460 g/mol. The minimum Gasteiger partial charge on any atom is -0.481 e. The van der Waals surface area contributed by atoms with E-state index in [-0.39, 0.29) is 17.8 Å². The molecule has 4 fully saturated rings. The first kappa shape index (κ1) is 22.3. The van der Waals surface area contributed by atoms with Crippen molar-refractivity contribution in [1.82, 2.24) is 0 Å². The minimum atomic E-state index is -2.50. The van der Waals surface area contributed by atoms with Crippen molar-refractivity contribution in [3.8, 4) is 0 Å². The number of hydrogen-bond acceptors (Lipinski definition) is 8. The van der Waals surface area contributed by atoms with Gasteiger partial charge in [0, 0.05) is 18.3 Å². The molecule has 3 saturated heterocycles. The van der Waals surface area contributed by atoms with Crippen molar-refractivity contribution in [2.75, 3.05) is 0 Å². The van der Waals surface area contributed by atoms with Crippen molar-refractivity contribution in [1.29, 1.82) is 0 Å². The highest BCUT2D eigenvalue weighted by molar-refractivity contribution is 6.21. The van der Waals surface area contributed by atoms with E-state index in [2.05, 4.69) is 6.58 Å². The second-order valence-electron chi connectivity index (χ2n) is 10.3. The van der Waals surface area contributed by atoms with Crippen LogP contribution < -0.4 is 0 Å². The lowest BCUT2D eigenvalue weighted by atomic mass is 9.48. The Morgan fingerprint density at radius 2 is 1.91 bits per heavy atom. The zero-order valence-corrected chi connectivity index (χ0v) is 19.1. The molecular formula is C24H28O9. The molecule has 2 bridgehead atoms. The third kappa shape index (κ3) is 2.34. The number of esters is 2. The molecule has 33 heavy (non-hydrogen) atoms. The second-order valence-corrected chi connectivity index (χ2v) is 10.3. The van der Waals surface area contributed by atoms with Crippen LogP contribution in [-0.2, 0) is 38.1 Å². The highest BCUT2D eigenvalue weighted by Gasteiger charge is 2.89. The highest BCUT2D eigenvalue weighted by Crippen LogP contribution is 2.73.